The van der Waals surface area contributed by atoms with E-state index in [1.165, 1.54) is 28.8 Å². The lowest BCUT2D eigenvalue weighted by molar-refractivity contribution is 0.153. The molecule has 1 unspecified atom stereocenters. The Bertz CT molecular complexity index is 1480. The lowest BCUT2D eigenvalue weighted by atomic mass is 9.90. The number of para-hydroxylation sites is 2. The van der Waals surface area contributed by atoms with Crippen LogP contribution in [0.5, 0.6) is 0 Å². The molecule has 2 aromatic carbocycles. The molecule has 5 aromatic rings. The lowest BCUT2D eigenvalue weighted by Crippen LogP contribution is -2.31. The minimum absolute atomic E-state index is 0.270. The van der Waals surface area contributed by atoms with Crippen molar-refractivity contribution in [1.29, 1.82) is 0 Å². The molecule has 192 valence electrons. The molecule has 0 saturated heterocycles. The summed E-state index contributed by atoms with van der Waals surface area (Å²) in [6.07, 6.45) is 7.15. The molecule has 0 spiro atoms. The van der Waals surface area contributed by atoms with Gasteiger partial charge in [0.25, 0.3) is 0 Å². The standard InChI is InChI=1S/C31H31BrN6/c32-25-8-5-16-34-28(25)19-33-18-22-12-14-23(15-13-22)20-38(21-30-36-26-9-1-2-10-27(26)37-30)29-11-3-6-24-7-4-17-35-31(24)29/h1-2,4-5,7-10,12-17,29,33H,3,6,11,18-21H2,(H,36,37). The maximum atomic E-state index is 4.89. The molecule has 6 nitrogen and oxygen atoms in total. The van der Waals surface area contributed by atoms with Crippen LogP contribution in [0, 0.1) is 0 Å². The Morgan fingerprint density at radius 1 is 0.868 bits per heavy atom. The fourth-order valence-electron chi connectivity index (χ4n) is 5.36. The topological polar surface area (TPSA) is 69.7 Å². The molecule has 0 saturated carbocycles. The van der Waals surface area contributed by atoms with E-state index in [4.69, 9.17) is 9.97 Å². The predicted octanol–water partition coefficient (Wildman–Crippen LogP) is 6.49. The first-order valence-electron chi connectivity index (χ1n) is 13.2. The van der Waals surface area contributed by atoms with E-state index in [1.54, 1.807) is 0 Å². The number of aromatic nitrogens is 4. The quantitative estimate of drug-likeness (QED) is 0.213. The molecule has 3 aromatic heterocycles. The van der Waals surface area contributed by atoms with Crippen LogP contribution in [-0.2, 0) is 32.6 Å². The third-order valence-electron chi connectivity index (χ3n) is 7.26. The number of H-pyrrole nitrogens is 1. The molecule has 38 heavy (non-hydrogen) atoms. The number of imidazole rings is 1. The van der Waals surface area contributed by atoms with E-state index in [2.05, 4.69) is 90.7 Å². The summed E-state index contributed by atoms with van der Waals surface area (Å²) in [5, 5.41) is 3.50. The van der Waals surface area contributed by atoms with E-state index in [0.717, 1.165) is 66.0 Å². The molecule has 3 heterocycles. The number of benzene rings is 2. The minimum atomic E-state index is 0.270. The highest BCUT2D eigenvalue weighted by molar-refractivity contribution is 9.10. The maximum absolute atomic E-state index is 4.89. The summed E-state index contributed by atoms with van der Waals surface area (Å²) in [4.78, 5) is 20.2. The van der Waals surface area contributed by atoms with Crippen LogP contribution in [0.4, 0.5) is 0 Å². The Morgan fingerprint density at radius 2 is 1.68 bits per heavy atom. The molecule has 6 rings (SSSR count). The normalized spacial score (nSPS) is 15.2. The number of nitrogens with one attached hydrogen (secondary N) is 2. The average molecular weight is 568 g/mol. The van der Waals surface area contributed by atoms with Crippen molar-refractivity contribution < 1.29 is 0 Å². The first-order valence-corrected chi connectivity index (χ1v) is 14.0. The summed E-state index contributed by atoms with van der Waals surface area (Å²) in [6, 6.07) is 25.7. The van der Waals surface area contributed by atoms with E-state index in [9.17, 15) is 0 Å². The zero-order valence-corrected chi connectivity index (χ0v) is 22.9. The van der Waals surface area contributed by atoms with Crippen LogP contribution >= 0.6 is 15.9 Å². The molecular weight excluding hydrogens is 536 g/mol. The van der Waals surface area contributed by atoms with Crippen molar-refractivity contribution in [3.05, 3.63) is 124 Å². The van der Waals surface area contributed by atoms with Gasteiger partial charge in [-0.2, -0.15) is 0 Å². The van der Waals surface area contributed by atoms with Crippen molar-refractivity contribution in [2.24, 2.45) is 0 Å². The largest absolute Gasteiger partial charge is 0.341 e. The molecule has 7 heteroatoms. The Kier molecular flexibility index (Phi) is 7.58. The van der Waals surface area contributed by atoms with E-state index < -0.39 is 0 Å². The number of aryl methyl sites for hydroxylation is 1. The molecular formula is C31H31BrN6. The third-order valence-corrected chi connectivity index (χ3v) is 7.98. The highest BCUT2D eigenvalue weighted by Crippen LogP contribution is 2.34. The van der Waals surface area contributed by atoms with Crippen LogP contribution < -0.4 is 5.32 Å². The Labute approximate surface area is 231 Å². The summed E-state index contributed by atoms with van der Waals surface area (Å²) >= 11 is 3.57. The summed E-state index contributed by atoms with van der Waals surface area (Å²) < 4.78 is 1.03. The number of rotatable bonds is 9. The summed E-state index contributed by atoms with van der Waals surface area (Å²) in [5.74, 6) is 0.996. The SMILES string of the molecule is Brc1cccnc1CNCc1ccc(CN(Cc2nc3ccccc3[nH]2)C2CCCc3cccnc32)cc1. The number of hydrogen-bond acceptors (Lipinski definition) is 5. The second-order valence-electron chi connectivity index (χ2n) is 9.91. The average Bonchev–Trinajstić information content (AvgIpc) is 3.37. The third kappa shape index (κ3) is 5.70. The highest BCUT2D eigenvalue weighted by atomic mass is 79.9. The highest BCUT2D eigenvalue weighted by Gasteiger charge is 2.28. The maximum Gasteiger partial charge on any atom is 0.121 e. The Hall–Kier alpha value is -3.39. The van der Waals surface area contributed by atoms with E-state index in [-0.39, 0.29) is 6.04 Å². The number of fused-ring (bicyclic) bond motifs is 2. The van der Waals surface area contributed by atoms with Gasteiger partial charge in [-0.1, -0.05) is 42.5 Å². The van der Waals surface area contributed by atoms with Gasteiger partial charge in [0, 0.05) is 36.5 Å². The van der Waals surface area contributed by atoms with E-state index in [1.807, 2.05) is 30.6 Å². The molecule has 0 radical (unpaired) electrons. The molecule has 0 bridgehead atoms. The van der Waals surface area contributed by atoms with Gasteiger partial charge in [0.05, 0.1) is 35.0 Å². The first-order chi connectivity index (χ1) is 18.7. The van der Waals surface area contributed by atoms with Crippen molar-refractivity contribution in [3.8, 4) is 0 Å². The van der Waals surface area contributed by atoms with E-state index >= 15 is 0 Å². The fraction of sp³-hybridized carbons (Fsp3) is 0.258. The zero-order chi connectivity index (χ0) is 25.7. The van der Waals surface area contributed by atoms with Gasteiger partial charge >= 0.3 is 0 Å². The van der Waals surface area contributed by atoms with Gasteiger partial charge in [0.15, 0.2) is 0 Å². The lowest BCUT2D eigenvalue weighted by Gasteiger charge is -2.34. The molecule has 2 N–H and O–H groups in total. The predicted molar refractivity (Wildman–Crippen MR) is 154 cm³/mol. The van der Waals surface area contributed by atoms with Crippen LogP contribution in [0.1, 0.15) is 52.8 Å². The second kappa shape index (κ2) is 11.6. The first kappa shape index (κ1) is 24.9. The van der Waals surface area contributed by atoms with Crippen molar-refractivity contribution >= 4 is 27.0 Å². The molecule has 0 amide bonds. The summed E-state index contributed by atoms with van der Waals surface area (Å²) in [7, 11) is 0. The van der Waals surface area contributed by atoms with Crippen molar-refractivity contribution in [3.63, 3.8) is 0 Å². The van der Waals surface area contributed by atoms with E-state index in [0.29, 0.717) is 0 Å². The molecule has 1 aliphatic carbocycles. The van der Waals surface area contributed by atoms with Gasteiger partial charge in [-0.05, 0) is 82.2 Å². The molecule has 0 aliphatic heterocycles. The van der Waals surface area contributed by atoms with Crippen molar-refractivity contribution in [2.75, 3.05) is 0 Å². The van der Waals surface area contributed by atoms with Crippen LogP contribution in [-0.4, -0.2) is 24.8 Å². The van der Waals surface area contributed by atoms with Crippen LogP contribution in [0.15, 0.2) is 89.7 Å². The zero-order valence-electron chi connectivity index (χ0n) is 21.3. The van der Waals surface area contributed by atoms with Gasteiger partial charge in [0.1, 0.15) is 5.82 Å². The second-order valence-corrected chi connectivity index (χ2v) is 10.8. The summed E-state index contributed by atoms with van der Waals surface area (Å²) in [5.41, 5.74) is 8.26. The van der Waals surface area contributed by atoms with Crippen LogP contribution in [0.25, 0.3) is 11.0 Å². The molecule has 1 aliphatic rings. The minimum Gasteiger partial charge on any atom is -0.341 e. The van der Waals surface area contributed by atoms with Crippen molar-refractivity contribution in [1.82, 2.24) is 30.2 Å². The van der Waals surface area contributed by atoms with Gasteiger partial charge in [-0.15, -0.1) is 0 Å². The number of nitrogens with zero attached hydrogens (tertiary/aromatic N) is 4. The number of halogens is 1. The van der Waals surface area contributed by atoms with Crippen LogP contribution in [0.3, 0.4) is 0 Å². The Morgan fingerprint density at radius 3 is 2.55 bits per heavy atom. The van der Waals surface area contributed by atoms with Gasteiger partial charge in [-0.25, -0.2) is 4.98 Å². The summed E-state index contributed by atoms with van der Waals surface area (Å²) in [6.45, 7) is 3.11. The fourth-order valence-corrected chi connectivity index (χ4v) is 5.76. The van der Waals surface area contributed by atoms with Gasteiger partial charge in [0.2, 0.25) is 0 Å². The van der Waals surface area contributed by atoms with Crippen molar-refractivity contribution in [2.45, 2.75) is 51.5 Å². The number of aromatic amines is 1. The molecule has 0 fully saturated rings. The number of pyridine rings is 2. The molecule has 1 atom stereocenters. The number of hydrogen-bond donors (Lipinski definition) is 2. The van der Waals surface area contributed by atoms with Gasteiger partial charge in [-0.3, -0.25) is 14.9 Å². The van der Waals surface area contributed by atoms with Crippen LogP contribution in [0.2, 0.25) is 0 Å². The Balaban J connectivity index is 1.19. The monoisotopic (exact) mass is 566 g/mol. The van der Waals surface area contributed by atoms with Gasteiger partial charge < -0.3 is 10.3 Å². The smallest absolute Gasteiger partial charge is 0.121 e.